The minimum Gasteiger partial charge on any atom is -0.252 e. The zero-order chi connectivity index (χ0) is 13.9. The standard InChI is InChI=1S/C18H15NS/c1-13(19-17-8-4-5-9-18(17)20)15-11-10-14-6-2-3-7-16(14)12-15/h2-12,20H,1H3. The summed E-state index contributed by atoms with van der Waals surface area (Å²) in [6.07, 6.45) is 0. The third-order valence-corrected chi connectivity index (χ3v) is 3.72. The van der Waals surface area contributed by atoms with Crippen LogP contribution in [-0.4, -0.2) is 5.71 Å². The first-order valence-corrected chi connectivity index (χ1v) is 7.01. The molecule has 0 aliphatic carbocycles. The highest BCUT2D eigenvalue weighted by Gasteiger charge is 2.01. The summed E-state index contributed by atoms with van der Waals surface area (Å²) in [6.45, 7) is 2.03. The number of fused-ring (bicyclic) bond motifs is 1. The van der Waals surface area contributed by atoms with E-state index in [1.54, 1.807) is 0 Å². The zero-order valence-electron chi connectivity index (χ0n) is 11.2. The summed E-state index contributed by atoms with van der Waals surface area (Å²) in [5.41, 5.74) is 3.04. The third-order valence-electron chi connectivity index (χ3n) is 3.34. The molecule has 0 aromatic heterocycles. The molecule has 0 unspecified atom stereocenters. The smallest absolute Gasteiger partial charge is 0.0766 e. The summed E-state index contributed by atoms with van der Waals surface area (Å²) in [5.74, 6) is 0. The number of thiol groups is 1. The van der Waals surface area contributed by atoms with Gasteiger partial charge in [-0.25, -0.2) is 0 Å². The predicted octanol–water partition coefficient (Wildman–Crippen LogP) is 5.27. The lowest BCUT2D eigenvalue weighted by Crippen LogP contribution is -1.93. The van der Waals surface area contributed by atoms with Crippen molar-refractivity contribution in [3.05, 3.63) is 72.3 Å². The summed E-state index contributed by atoms with van der Waals surface area (Å²) in [4.78, 5) is 5.57. The molecule has 3 rings (SSSR count). The average Bonchev–Trinajstić information content (AvgIpc) is 2.49. The number of hydrogen-bond acceptors (Lipinski definition) is 2. The van der Waals surface area contributed by atoms with Gasteiger partial charge in [0.25, 0.3) is 0 Å². The van der Waals surface area contributed by atoms with Crippen molar-refractivity contribution < 1.29 is 0 Å². The van der Waals surface area contributed by atoms with E-state index in [4.69, 9.17) is 0 Å². The van der Waals surface area contributed by atoms with Crippen LogP contribution < -0.4 is 0 Å². The van der Waals surface area contributed by atoms with Crippen LogP contribution in [0.1, 0.15) is 12.5 Å². The van der Waals surface area contributed by atoms with Gasteiger partial charge >= 0.3 is 0 Å². The van der Waals surface area contributed by atoms with Crippen molar-refractivity contribution in [2.45, 2.75) is 11.8 Å². The molecule has 0 spiro atoms. The van der Waals surface area contributed by atoms with Crippen LogP contribution in [0.2, 0.25) is 0 Å². The summed E-state index contributed by atoms with van der Waals surface area (Å²) in [5, 5.41) is 2.48. The van der Waals surface area contributed by atoms with Gasteiger partial charge < -0.3 is 0 Å². The largest absolute Gasteiger partial charge is 0.252 e. The highest BCUT2D eigenvalue weighted by molar-refractivity contribution is 7.80. The number of aliphatic imine (C=N–C) groups is 1. The molecule has 0 atom stereocenters. The van der Waals surface area contributed by atoms with Crippen molar-refractivity contribution in [3.8, 4) is 0 Å². The maximum Gasteiger partial charge on any atom is 0.0766 e. The SMILES string of the molecule is CC(=Nc1ccccc1S)c1ccc2ccccc2c1. The second kappa shape index (κ2) is 5.51. The van der Waals surface area contributed by atoms with Gasteiger partial charge in [0.05, 0.1) is 5.69 Å². The molecule has 1 nitrogen and oxygen atoms in total. The molecule has 2 heteroatoms. The first-order chi connectivity index (χ1) is 9.74. The Hall–Kier alpha value is -2.06. The van der Waals surface area contributed by atoms with Crippen LogP contribution in [0.3, 0.4) is 0 Å². The number of hydrogen-bond donors (Lipinski definition) is 1. The number of nitrogens with zero attached hydrogens (tertiary/aromatic N) is 1. The van der Waals surface area contributed by atoms with Crippen LogP contribution in [0.5, 0.6) is 0 Å². The molecule has 0 fully saturated rings. The molecular formula is C18H15NS. The summed E-state index contributed by atoms with van der Waals surface area (Å²) in [6, 6.07) is 22.7. The Morgan fingerprint density at radius 1 is 0.850 bits per heavy atom. The first kappa shape index (κ1) is 12.9. The molecule has 0 radical (unpaired) electrons. The van der Waals surface area contributed by atoms with E-state index >= 15 is 0 Å². The highest BCUT2D eigenvalue weighted by atomic mass is 32.1. The molecule has 0 N–H and O–H groups in total. The maximum atomic E-state index is 4.68. The van der Waals surface area contributed by atoms with Gasteiger partial charge in [0.15, 0.2) is 0 Å². The molecule has 3 aromatic rings. The molecule has 0 aliphatic heterocycles. The molecule has 0 saturated heterocycles. The van der Waals surface area contributed by atoms with Gasteiger partial charge in [-0.15, -0.1) is 12.6 Å². The van der Waals surface area contributed by atoms with E-state index in [1.807, 2.05) is 31.2 Å². The maximum absolute atomic E-state index is 4.68. The lowest BCUT2D eigenvalue weighted by Gasteiger charge is -2.05. The average molecular weight is 277 g/mol. The summed E-state index contributed by atoms with van der Waals surface area (Å²) >= 11 is 4.44. The fraction of sp³-hybridized carbons (Fsp3) is 0.0556. The van der Waals surface area contributed by atoms with Crippen molar-refractivity contribution in [1.29, 1.82) is 0 Å². The normalized spacial score (nSPS) is 11.8. The van der Waals surface area contributed by atoms with Gasteiger partial charge in [-0.1, -0.05) is 48.5 Å². The van der Waals surface area contributed by atoms with Crippen LogP contribution in [-0.2, 0) is 0 Å². The second-order valence-electron chi connectivity index (χ2n) is 4.75. The minimum atomic E-state index is 0.896. The fourth-order valence-corrected chi connectivity index (χ4v) is 2.43. The summed E-state index contributed by atoms with van der Waals surface area (Å²) < 4.78 is 0. The van der Waals surface area contributed by atoms with Crippen LogP contribution in [0, 0.1) is 0 Å². The lowest BCUT2D eigenvalue weighted by molar-refractivity contribution is 1.37. The van der Waals surface area contributed by atoms with Crippen molar-refractivity contribution in [1.82, 2.24) is 0 Å². The minimum absolute atomic E-state index is 0.896. The van der Waals surface area contributed by atoms with E-state index in [0.29, 0.717) is 0 Å². The fourth-order valence-electron chi connectivity index (χ4n) is 2.22. The van der Waals surface area contributed by atoms with Crippen molar-refractivity contribution in [3.63, 3.8) is 0 Å². The first-order valence-electron chi connectivity index (χ1n) is 6.56. The van der Waals surface area contributed by atoms with E-state index in [9.17, 15) is 0 Å². The van der Waals surface area contributed by atoms with E-state index in [-0.39, 0.29) is 0 Å². The Kier molecular flexibility index (Phi) is 3.57. The summed E-state index contributed by atoms with van der Waals surface area (Å²) in [7, 11) is 0. The molecule has 0 amide bonds. The Morgan fingerprint density at radius 3 is 2.35 bits per heavy atom. The molecule has 0 saturated carbocycles. The Morgan fingerprint density at radius 2 is 1.55 bits per heavy atom. The molecule has 0 bridgehead atoms. The van der Waals surface area contributed by atoms with Gasteiger partial charge in [-0.3, -0.25) is 4.99 Å². The molecule has 98 valence electrons. The van der Waals surface area contributed by atoms with Crippen LogP contribution in [0.15, 0.2) is 76.6 Å². The van der Waals surface area contributed by atoms with Gasteiger partial charge in [0.2, 0.25) is 0 Å². The Labute approximate surface area is 124 Å². The van der Waals surface area contributed by atoms with Crippen molar-refractivity contribution in [2.24, 2.45) is 4.99 Å². The van der Waals surface area contributed by atoms with E-state index in [1.165, 1.54) is 10.8 Å². The van der Waals surface area contributed by atoms with Gasteiger partial charge in [-0.05, 0) is 41.5 Å². The number of benzene rings is 3. The van der Waals surface area contributed by atoms with Gasteiger partial charge in [0, 0.05) is 10.6 Å². The van der Waals surface area contributed by atoms with Crippen molar-refractivity contribution >= 4 is 34.8 Å². The Bertz CT molecular complexity index is 790. The van der Waals surface area contributed by atoms with E-state index in [0.717, 1.165) is 21.9 Å². The predicted molar refractivity (Wildman–Crippen MR) is 89.5 cm³/mol. The van der Waals surface area contributed by atoms with Crippen molar-refractivity contribution in [2.75, 3.05) is 0 Å². The Balaban J connectivity index is 2.04. The van der Waals surface area contributed by atoms with Gasteiger partial charge in [0.1, 0.15) is 0 Å². The second-order valence-corrected chi connectivity index (χ2v) is 5.23. The highest BCUT2D eigenvalue weighted by Crippen LogP contribution is 2.24. The number of para-hydroxylation sites is 1. The number of rotatable bonds is 2. The quantitative estimate of drug-likeness (QED) is 0.484. The van der Waals surface area contributed by atoms with Crippen LogP contribution in [0.4, 0.5) is 5.69 Å². The van der Waals surface area contributed by atoms with E-state index < -0.39 is 0 Å². The van der Waals surface area contributed by atoms with Crippen LogP contribution >= 0.6 is 12.6 Å². The molecule has 0 heterocycles. The van der Waals surface area contributed by atoms with Crippen LogP contribution in [0.25, 0.3) is 10.8 Å². The van der Waals surface area contributed by atoms with E-state index in [2.05, 4.69) is 60.1 Å². The lowest BCUT2D eigenvalue weighted by atomic mass is 10.0. The van der Waals surface area contributed by atoms with Gasteiger partial charge in [-0.2, -0.15) is 0 Å². The third kappa shape index (κ3) is 2.61. The molecule has 3 aromatic carbocycles. The zero-order valence-corrected chi connectivity index (χ0v) is 12.1. The molecular weight excluding hydrogens is 262 g/mol. The molecule has 20 heavy (non-hydrogen) atoms. The monoisotopic (exact) mass is 277 g/mol. The topological polar surface area (TPSA) is 12.4 Å². The molecule has 0 aliphatic rings.